The molecule has 0 saturated heterocycles. The molecule has 0 bridgehead atoms. The Morgan fingerprint density at radius 2 is 1.48 bits per heavy atom. The Kier molecular flexibility index (Phi) is 13.2. The summed E-state index contributed by atoms with van der Waals surface area (Å²) in [5.74, 6) is -3.39. The van der Waals surface area contributed by atoms with Gasteiger partial charge in [-0.05, 0) is 59.6 Å². The van der Waals surface area contributed by atoms with Crippen molar-refractivity contribution in [2.24, 2.45) is 17.6 Å². The minimum atomic E-state index is -1.15. The molecule has 4 aromatic carbocycles. The standard InChI is InChI=1S/C42H49N5O5/c1-3-52-42(51)36(26-33-19-12-18-30-15-10-11-20-34(30)33)45-40(49)37(31-16-8-5-9-17-31)46-39(48)35(25-28-21-23-32(24-22-28)38(43)44)41(50)47(2)27-29-13-6-4-7-14-29/h4,6-7,10-15,18-24,31,35-37H,3,5,8-9,16-17,25-27H2,1-2H3,(H3,43,44)(H,45,49)(H,46,48)/t35-,36?,37?/m0/s1. The summed E-state index contributed by atoms with van der Waals surface area (Å²) in [6.45, 7) is 2.17. The van der Waals surface area contributed by atoms with E-state index in [4.69, 9.17) is 15.9 Å². The van der Waals surface area contributed by atoms with Gasteiger partial charge in [0, 0.05) is 25.6 Å². The van der Waals surface area contributed by atoms with Crippen LogP contribution in [0.4, 0.5) is 0 Å². The van der Waals surface area contributed by atoms with E-state index in [0.717, 1.165) is 54.0 Å². The van der Waals surface area contributed by atoms with Crippen LogP contribution in [0, 0.1) is 17.2 Å². The van der Waals surface area contributed by atoms with Gasteiger partial charge in [0.1, 0.15) is 23.8 Å². The molecule has 1 fully saturated rings. The average Bonchev–Trinajstić information content (AvgIpc) is 3.16. The van der Waals surface area contributed by atoms with E-state index in [0.29, 0.717) is 17.7 Å². The Bertz CT molecular complexity index is 1850. The summed E-state index contributed by atoms with van der Waals surface area (Å²) < 4.78 is 5.42. The van der Waals surface area contributed by atoms with Crippen molar-refractivity contribution in [3.8, 4) is 0 Å². The number of nitrogens with two attached hydrogens (primary N) is 1. The largest absolute Gasteiger partial charge is 0.464 e. The van der Waals surface area contributed by atoms with Gasteiger partial charge in [-0.15, -0.1) is 0 Å². The van der Waals surface area contributed by atoms with E-state index in [2.05, 4.69) is 10.6 Å². The monoisotopic (exact) mass is 703 g/mol. The van der Waals surface area contributed by atoms with Crippen LogP contribution in [0.15, 0.2) is 97.1 Å². The summed E-state index contributed by atoms with van der Waals surface area (Å²) in [5, 5.41) is 15.7. The molecular weight excluding hydrogens is 654 g/mol. The molecule has 4 aromatic rings. The molecule has 10 heteroatoms. The Balaban J connectivity index is 1.42. The van der Waals surface area contributed by atoms with E-state index in [1.54, 1.807) is 38.2 Å². The smallest absolute Gasteiger partial charge is 0.328 e. The molecule has 10 nitrogen and oxygen atoms in total. The fraction of sp³-hybridized carbons (Fsp3) is 0.357. The van der Waals surface area contributed by atoms with Crippen molar-refractivity contribution in [2.75, 3.05) is 13.7 Å². The maximum atomic E-state index is 14.4. The lowest BCUT2D eigenvalue weighted by molar-refractivity contribution is -0.148. The highest BCUT2D eigenvalue weighted by Crippen LogP contribution is 2.28. The number of esters is 1. The van der Waals surface area contributed by atoms with Gasteiger partial charge in [0.05, 0.1) is 6.61 Å². The predicted molar refractivity (Wildman–Crippen MR) is 202 cm³/mol. The fourth-order valence-electron chi connectivity index (χ4n) is 7.06. The van der Waals surface area contributed by atoms with Crippen LogP contribution in [0.2, 0.25) is 0 Å². The third-order valence-corrected chi connectivity index (χ3v) is 9.85. The number of carbonyl (C=O) groups is 4. The van der Waals surface area contributed by atoms with E-state index >= 15 is 0 Å². The minimum Gasteiger partial charge on any atom is -0.464 e. The van der Waals surface area contributed by atoms with Crippen molar-refractivity contribution in [3.63, 3.8) is 0 Å². The molecule has 272 valence electrons. The third kappa shape index (κ3) is 9.84. The summed E-state index contributed by atoms with van der Waals surface area (Å²) in [5.41, 5.74) is 8.70. The number of ether oxygens (including phenoxy) is 1. The molecule has 0 heterocycles. The predicted octanol–water partition coefficient (Wildman–Crippen LogP) is 5.30. The van der Waals surface area contributed by atoms with Gasteiger partial charge in [-0.2, -0.15) is 0 Å². The van der Waals surface area contributed by atoms with Gasteiger partial charge in [0.15, 0.2) is 0 Å². The van der Waals surface area contributed by atoms with Crippen LogP contribution in [-0.2, 0) is 43.3 Å². The summed E-state index contributed by atoms with van der Waals surface area (Å²) in [6, 6.07) is 28.2. The summed E-state index contributed by atoms with van der Waals surface area (Å²) >= 11 is 0. The first-order chi connectivity index (χ1) is 25.1. The fourth-order valence-corrected chi connectivity index (χ4v) is 7.06. The normalized spacial score (nSPS) is 14.8. The zero-order chi connectivity index (χ0) is 37.0. The molecule has 1 aliphatic rings. The van der Waals surface area contributed by atoms with Crippen molar-refractivity contribution in [3.05, 3.63) is 119 Å². The van der Waals surface area contributed by atoms with Crippen LogP contribution in [-0.4, -0.2) is 60.2 Å². The Morgan fingerprint density at radius 3 is 2.17 bits per heavy atom. The molecule has 2 unspecified atom stereocenters. The highest BCUT2D eigenvalue weighted by Gasteiger charge is 2.37. The highest BCUT2D eigenvalue weighted by atomic mass is 16.5. The number of nitrogens with zero attached hydrogens (tertiary/aromatic N) is 1. The third-order valence-electron chi connectivity index (χ3n) is 9.85. The highest BCUT2D eigenvalue weighted by molar-refractivity contribution is 6.02. The molecule has 0 aliphatic heterocycles. The Labute approximate surface area is 305 Å². The van der Waals surface area contributed by atoms with Crippen LogP contribution in [0.25, 0.3) is 10.8 Å². The maximum Gasteiger partial charge on any atom is 0.328 e. The Morgan fingerprint density at radius 1 is 0.808 bits per heavy atom. The van der Waals surface area contributed by atoms with Crippen molar-refractivity contribution >= 4 is 40.3 Å². The second-order valence-corrected chi connectivity index (χ2v) is 13.6. The number of hydrogen-bond donors (Lipinski definition) is 4. The molecule has 0 spiro atoms. The lowest BCUT2D eigenvalue weighted by Crippen LogP contribution is -2.57. The number of benzene rings is 4. The Hall–Kier alpha value is -5.51. The van der Waals surface area contributed by atoms with Gasteiger partial charge < -0.3 is 26.0 Å². The molecular formula is C42H49N5O5. The molecule has 1 aliphatic carbocycles. The van der Waals surface area contributed by atoms with Crippen LogP contribution >= 0.6 is 0 Å². The van der Waals surface area contributed by atoms with Crippen molar-refractivity contribution in [1.82, 2.24) is 15.5 Å². The molecule has 5 rings (SSSR count). The minimum absolute atomic E-state index is 0.0769. The topological polar surface area (TPSA) is 155 Å². The lowest BCUT2D eigenvalue weighted by atomic mass is 9.83. The van der Waals surface area contributed by atoms with E-state index in [9.17, 15) is 19.2 Å². The van der Waals surface area contributed by atoms with Crippen molar-refractivity contribution < 1.29 is 23.9 Å². The number of nitrogen functional groups attached to an aromatic ring is 1. The summed E-state index contributed by atoms with van der Waals surface area (Å²) in [4.78, 5) is 57.6. The first-order valence-corrected chi connectivity index (χ1v) is 18.1. The SMILES string of the molecule is CCOC(=O)C(Cc1cccc2ccccc12)NC(=O)C(NC(=O)[C@H](Cc1ccc(C(=N)N)cc1)C(=O)N(C)Cc1ccccc1)C1CCCCC1. The molecule has 0 radical (unpaired) electrons. The number of amides is 3. The van der Waals surface area contributed by atoms with Crippen LogP contribution in [0.3, 0.4) is 0 Å². The van der Waals surface area contributed by atoms with Gasteiger partial charge in [0.2, 0.25) is 17.7 Å². The number of hydrogen-bond acceptors (Lipinski definition) is 6. The lowest BCUT2D eigenvalue weighted by Gasteiger charge is -2.32. The van der Waals surface area contributed by atoms with Crippen LogP contribution in [0.5, 0.6) is 0 Å². The van der Waals surface area contributed by atoms with Gasteiger partial charge in [-0.1, -0.05) is 116 Å². The van der Waals surface area contributed by atoms with E-state index in [1.807, 2.05) is 72.8 Å². The van der Waals surface area contributed by atoms with Crippen LogP contribution in [0.1, 0.15) is 61.3 Å². The van der Waals surface area contributed by atoms with E-state index in [-0.39, 0.29) is 37.1 Å². The van der Waals surface area contributed by atoms with Gasteiger partial charge >= 0.3 is 5.97 Å². The molecule has 52 heavy (non-hydrogen) atoms. The number of nitrogens with one attached hydrogen (secondary N) is 3. The molecule has 0 aromatic heterocycles. The zero-order valence-corrected chi connectivity index (χ0v) is 30.0. The molecule has 3 atom stereocenters. The van der Waals surface area contributed by atoms with Gasteiger partial charge in [-0.3, -0.25) is 19.8 Å². The number of carbonyl (C=O) groups excluding carboxylic acids is 4. The first-order valence-electron chi connectivity index (χ1n) is 18.1. The van der Waals surface area contributed by atoms with E-state index < -0.39 is 35.8 Å². The number of fused-ring (bicyclic) bond motifs is 1. The van der Waals surface area contributed by atoms with Crippen molar-refractivity contribution in [2.45, 2.75) is 70.5 Å². The maximum absolute atomic E-state index is 14.4. The van der Waals surface area contributed by atoms with Crippen LogP contribution < -0.4 is 16.4 Å². The first kappa shape index (κ1) is 37.7. The second-order valence-electron chi connectivity index (χ2n) is 13.6. The number of rotatable bonds is 15. The van der Waals surface area contributed by atoms with E-state index in [1.165, 1.54) is 4.90 Å². The molecule has 5 N–H and O–H groups in total. The number of amidine groups is 1. The second kappa shape index (κ2) is 18.1. The molecule has 3 amide bonds. The van der Waals surface area contributed by atoms with Gasteiger partial charge in [0.25, 0.3) is 0 Å². The summed E-state index contributed by atoms with van der Waals surface area (Å²) in [7, 11) is 1.66. The van der Waals surface area contributed by atoms with Gasteiger partial charge in [-0.25, -0.2) is 4.79 Å². The average molecular weight is 704 g/mol. The quantitative estimate of drug-likeness (QED) is 0.0571. The zero-order valence-electron chi connectivity index (χ0n) is 30.0. The van der Waals surface area contributed by atoms with Crippen molar-refractivity contribution in [1.29, 1.82) is 5.41 Å². The molecule has 1 saturated carbocycles. The summed E-state index contributed by atoms with van der Waals surface area (Å²) in [6.07, 6.45) is 4.59.